The topological polar surface area (TPSA) is 90.4 Å². The largest absolute Gasteiger partial charge is 0.510 e. The van der Waals surface area contributed by atoms with Gasteiger partial charge in [0.2, 0.25) is 5.82 Å². The summed E-state index contributed by atoms with van der Waals surface area (Å²) in [6, 6.07) is 0. The second-order valence-corrected chi connectivity index (χ2v) is 2.66. The molecule has 0 amide bonds. The van der Waals surface area contributed by atoms with Gasteiger partial charge in [-0.3, -0.25) is 14.3 Å². The molecular formula is C8H9FN2O5. The van der Waals surface area contributed by atoms with Crippen molar-refractivity contribution in [2.24, 2.45) is 0 Å². The molecule has 88 valence electrons. The van der Waals surface area contributed by atoms with E-state index in [0.717, 1.165) is 0 Å². The maximum atomic E-state index is 12.8. The fourth-order valence-electron chi connectivity index (χ4n) is 0.860. The summed E-state index contributed by atoms with van der Waals surface area (Å²) >= 11 is 0. The third kappa shape index (κ3) is 2.94. The summed E-state index contributed by atoms with van der Waals surface area (Å²) < 4.78 is 22.3. The lowest BCUT2D eigenvalue weighted by Gasteiger charge is -2.06. The fourth-order valence-corrected chi connectivity index (χ4v) is 0.860. The minimum Gasteiger partial charge on any atom is -0.435 e. The van der Waals surface area contributed by atoms with Crippen LogP contribution in [-0.4, -0.2) is 22.3 Å². The second-order valence-electron chi connectivity index (χ2n) is 2.66. The van der Waals surface area contributed by atoms with Crippen molar-refractivity contribution in [3.63, 3.8) is 0 Å². The van der Waals surface area contributed by atoms with Crippen LogP contribution >= 0.6 is 0 Å². The Bertz CT molecular complexity index is 492. The van der Waals surface area contributed by atoms with Gasteiger partial charge in [-0.2, -0.15) is 4.39 Å². The molecule has 0 unspecified atom stereocenters. The first kappa shape index (κ1) is 12.0. The zero-order valence-electron chi connectivity index (χ0n) is 8.36. The van der Waals surface area contributed by atoms with Crippen LogP contribution in [0.3, 0.4) is 0 Å². The number of rotatable bonds is 3. The minimum atomic E-state index is -1.15. The molecule has 0 bridgehead atoms. The van der Waals surface area contributed by atoms with Crippen LogP contribution in [0.4, 0.5) is 9.18 Å². The monoisotopic (exact) mass is 232 g/mol. The third-order valence-electron chi connectivity index (χ3n) is 1.55. The summed E-state index contributed by atoms with van der Waals surface area (Å²) in [4.78, 5) is 34.2. The van der Waals surface area contributed by atoms with Crippen LogP contribution in [0.5, 0.6) is 0 Å². The number of aromatic amines is 1. The van der Waals surface area contributed by atoms with Gasteiger partial charge in [-0.25, -0.2) is 9.59 Å². The highest BCUT2D eigenvalue weighted by Crippen LogP contribution is 1.89. The smallest absolute Gasteiger partial charge is 0.435 e. The highest BCUT2D eigenvalue weighted by atomic mass is 19.1. The number of halogens is 1. The number of carbonyl (C=O) groups is 1. The normalized spacial score (nSPS) is 9.88. The molecule has 0 aliphatic heterocycles. The SMILES string of the molecule is CCOC(=O)OCn1cc(F)c(=O)[nH]c1=O. The van der Waals surface area contributed by atoms with Crippen molar-refractivity contribution in [3.05, 3.63) is 32.9 Å². The summed E-state index contributed by atoms with van der Waals surface area (Å²) in [7, 11) is 0. The van der Waals surface area contributed by atoms with Crippen molar-refractivity contribution >= 4 is 6.16 Å². The van der Waals surface area contributed by atoms with E-state index < -0.39 is 30.0 Å². The van der Waals surface area contributed by atoms with E-state index in [-0.39, 0.29) is 6.61 Å². The number of hydrogen-bond acceptors (Lipinski definition) is 5. The van der Waals surface area contributed by atoms with E-state index in [0.29, 0.717) is 10.8 Å². The van der Waals surface area contributed by atoms with Crippen LogP contribution in [0.1, 0.15) is 6.92 Å². The highest BCUT2D eigenvalue weighted by molar-refractivity contribution is 5.59. The first-order valence-electron chi connectivity index (χ1n) is 4.33. The van der Waals surface area contributed by atoms with E-state index in [1.165, 1.54) is 0 Å². The molecule has 0 aliphatic carbocycles. The van der Waals surface area contributed by atoms with Crippen molar-refractivity contribution in [2.45, 2.75) is 13.7 Å². The van der Waals surface area contributed by atoms with E-state index in [1.54, 1.807) is 11.9 Å². The fraction of sp³-hybridized carbons (Fsp3) is 0.375. The summed E-state index contributed by atoms with van der Waals surface area (Å²) in [5.41, 5.74) is -2.01. The Balaban J connectivity index is 2.75. The molecule has 0 aromatic carbocycles. The number of carbonyl (C=O) groups excluding carboxylic acids is 1. The molecule has 0 saturated carbocycles. The number of aromatic nitrogens is 2. The highest BCUT2D eigenvalue weighted by Gasteiger charge is 2.06. The molecule has 7 nitrogen and oxygen atoms in total. The lowest BCUT2D eigenvalue weighted by molar-refractivity contribution is 0.0353. The van der Waals surface area contributed by atoms with Crippen LogP contribution < -0.4 is 11.2 Å². The van der Waals surface area contributed by atoms with Crippen LogP contribution in [0.2, 0.25) is 0 Å². The molecule has 16 heavy (non-hydrogen) atoms. The molecule has 0 radical (unpaired) electrons. The predicted molar refractivity (Wildman–Crippen MR) is 49.4 cm³/mol. The average Bonchev–Trinajstić information content (AvgIpc) is 2.22. The molecule has 1 aromatic rings. The van der Waals surface area contributed by atoms with Gasteiger partial charge in [-0.05, 0) is 6.92 Å². The second kappa shape index (κ2) is 5.10. The molecule has 1 N–H and O–H groups in total. The Morgan fingerprint density at radius 2 is 2.19 bits per heavy atom. The van der Waals surface area contributed by atoms with Gasteiger partial charge >= 0.3 is 11.8 Å². The maximum absolute atomic E-state index is 12.8. The van der Waals surface area contributed by atoms with E-state index in [9.17, 15) is 18.8 Å². The molecule has 0 atom stereocenters. The first-order chi connectivity index (χ1) is 7.54. The van der Waals surface area contributed by atoms with Crippen LogP contribution in [-0.2, 0) is 16.2 Å². The maximum Gasteiger partial charge on any atom is 0.510 e. The molecular weight excluding hydrogens is 223 g/mol. The lowest BCUT2D eigenvalue weighted by Crippen LogP contribution is -2.32. The number of H-pyrrole nitrogens is 1. The van der Waals surface area contributed by atoms with Gasteiger partial charge in [-0.1, -0.05) is 0 Å². The third-order valence-corrected chi connectivity index (χ3v) is 1.55. The van der Waals surface area contributed by atoms with Crippen LogP contribution in [0.25, 0.3) is 0 Å². The number of nitrogens with one attached hydrogen (secondary N) is 1. The molecule has 0 saturated heterocycles. The molecule has 0 spiro atoms. The summed E-state index contributed by atoms with van der Waals surface area (Å²) in [5, 5.41) is 0. The summed E-state index contributed by atoms with van der Waals surface area (Å²) in [6.45, 7) is 1.16. The van der Waals surface area contributed by atoms with Crippen molar-refractivity contribution < 1.29 is 18.7 Å². The van der Waals surface area contributed by atoms with E-state index >= 15 is 0 Å². The number of ether oxygens (including phenoxy) is 2. The van der Waals surface area contributed by atoms with Crippen molar-refractivity contribution in [1.82, 2.24) is 9.55 Å². The Hall–Kier alpha value is -2.12. The number of nitrogens with zero attached hydrogens (tertiary/aromatic N) is 1. The molecule has 1 heterocycles. The predicted octanol–water partition coefficient (Wildman–Crippen LogP) is -0.194. The van der Waals surface area contributed by atoms with Gasteiger partial charge in [0, 0.05) is 0 Å². The van der Waals surface area contributed by atoms with Gasteiger partial charge in [0.1, 0.15) is 0 Å². The molecule has 1 rings (SSSR count). The number of hydrogen-bond donors (Lipinski definition) is 1. The molecule has 0 aliphatic rings. The van der Waals surface area contributed by atoms with Gasteiger partial charge in [0.25, 0.3) is 5.56 Å². The first-order valence-corrected chi connectivity index (χ1v) is 4.33. The van der Waals surface area contributed by atoms with E-state index in [1.807, 2.05) is 0 Å². The van der Waals surface area contributed by atoms with Crippen molar-refractivity contribution in [1.29, 1.82) is 0 Å². The molecule has 8 heteroatoms. The van der Waals surface area contributed by atoms with Crippen LogP contribution in [0, 0.1) is 5.82 Å². The molecule has 1 aromatic heterocycles. The Morgan fingerprint density at radius 3 is 2.81 bits per heavy atom. The quantitative estimate of drug-likeness (QED) is 0.729. The van der Waals surface area contributed by atoms with Gasteiger partial charge < -0.3 is 9.47 Å². The molecule has 0 fully saturated rings. The average molecular weight is 232 g/mol. The Kier molecular flexibility index (Phi) is 3.81. The Labute approximate surface area is 88.4 Å². The van der Waals surface area contributed by atoms with Crippen molar-refractivity contribution in [2.75, 3.05) is 6.61 Å². The zero-order chi connectivity index (χ0) is 12.1. The lowest BCUT2D eigenvalue weighted by atomic mass is 10.6. The van der Waals surface area contributed by atoms with Crippen LogP contribution in [0.15, 0.2) is 15.8 Å². The summed E-state index contributed by atoms with van der Waals surface area (Å²) in [5.74, 6) is -1.15. The van der Waals surface area contributed by atoms with Gasteiger partial charge in [0.15, 0.2) is 6.73 Å². The Morgan fingerprint density at radius 1 is 1.50 bits per heavy atom. The van der Waals surface area contributed by atoms with E-state index in [4.69, 9.17) is 0 Å². The zero-order valence-corrected chi connectivity index (χ0v) is 8.36. The van der Waals surface area contributed by atoms with Gasteiger partial charge in [0.05, 0.1) is 12.8 Å². The van der Waals surface area contributed by atoms with Gasteiger partial charge in [-0.15, -0.1) is 0 Å². The van der Waals surface area contributed by atoms with Crippen molar-refractivity contribution in [3.8, 4) is 0 Å². The minimum absolute atomic E-state index is 0.119. The standard InChI is InChI=1S/C8H9FN2O5/c1-2-15-8(14)16-4-11-3-5(9)6(12)10-7(11)13/h3H,2,4H2,1H3,(H,10,12,13). The summed E-state index contributed by atoms with van der Waals surface area (Å²) in [6.07, 6.45) is -0.346. The van der Waals surface area contributed by atoms with E-state index in [2.05, 4.69) is 9.47 Å².